The highest BCUT2D eigenvalue weighted by Gasteiger charge is 2.43. The van der Waals surface area contributed by atoms with Crippen LogP contribution in [0.4, 0.5) is 0 Å². The van der Waals surface area contributed by atoms with E-state index in [1.54, 1.807) is 0 Å². The Hall–Kier alpha value is -2.63. The maximum Gasteiger partial charge on any atom is 0.159 e. The standard InChI is InChI=1S/C23H19OP/c1-25(19-11-4-2-5-12-19,20-13-6-3-7-14-20)23-21-15-9-8-10-18(21)16-17-22(23)24/h2-17H,1H3/p+1. The third kappa shape index (κ3) is 2.62. The van der Waals surface area contributed by atoms with E-state index in [1.165, 1.54) is 10.6 Å². The average Bonchev–Trinajstić information content (AvgIpc) is 2.69. The van der Waals surface area contributed by atoms with Crippen LogP contribution in [0.2, 0.25) is 0 Å². The van der Waals surface area contributed by atoms with Crippen molar-refractivity contribution in [2.75, 3.05) is 6.66 Å². The Kier molecular flexibility index (Phi) is 4.03. The van der Waals surface area contributed by atoms with Crippen molar-refractivity contribution in [1.82, 2.24) is 0 Å². The average molecular weight is 343 g/mol. The molecule has 0 saturated heterocycles. The predicted octanol–water partition coefficient (Wildman–Crippen LogP) is 4.47. The molecule has 0 radical (unpaired) electrons. The van der Waals surface area contributed by atoms with Gasteiger partial charge in [0.1, 0.15) is 17.9 Å². The molecule has 0 saturated carbocycles. The fourth-order valence-electron chi connectivity index (χ4n) is 3.57. The highest BCUT2D eigenvalue weighted by molar-refractivity contribution is 7.95. The lowest BCUT2D eigenvalue weighted by Crippen LogP contribution is -2.30. The minimum atomic E-state index is -1.96. The van der Waals surface area contributed by atoms with Crippen LogP contribution in [0, 0.1) is 0 Å². The summed E-state index contributed by atoms with van der Waals surface area (Å²) >= 11 is 0. The molecule has 0 heterocycles. The third-order valence-electron chi connectivity index (χ3n) is 4.87. The summed E-state index contributed by atoms with van der Waals surface area (Å²) in [6.45, 7) is 2.30. The van der Waals surface area contributed by atoms with Gasteiger partial charge in [0.2, 0.25) is 0 Å². The number of rotatable bonds is 3. The van der Waals surface area contributed by atoms with Crippen LogP contribution in [0.3, 0.4) is 0 Å². The normalized spacial score (nSPS) is 11.6. The summed E-state index contributed by atoms with van der Waals surface area (Å²) < 4.78 is 0. The first-order valence-electron chi connectivity index (χ1n) is 8.40. The van der Waals surface area contributed by atoms with Crippen molar-refractivity contribution in [3.8, 4) is 5.75 Å². The lowest BCUT2D eigenvalue weighted by molar-refractivity contribution is 0.480. The SMILES string of the molecule is C[P+](c1ccccc1)(c1ccccc1)c1c(O)ccc2ccccc12. The highest BCUT2D eigenvalue weighted by Crippen LogP contribution is 2.54. The molecule has 1 N–H and O–H groups in total. The van der Waals surface area contributed by atoms with Gasteiger partial charge in [0.15, 0.2) is 11.1 Å². The lowest BCUT2D eigenvalue weighted by Gasteiger charge is -2.25. The minimum Gasteiger partial charge on any atom is -0.504 e. The van der Waals surface area contributed by atoms with Gasteiger partial charge in [0.25, 0.3) is 0 Å². The van der Waals surface area contributed by atoms with E-state index in [9.17, 15) is 5.11 Å². The second-order valence-electron chi connectivity index (χ2n) is 6.33. The van der Waals surface area contributed by atoms with E-state index >= 15 is 0 Å². The third-order valence-corrected chi connectivity index (χ3v) is 8.90. The van der Waals surface area contributed by atoms with Crippen LogP contribution in [-0.2, 0) is 0 Å². The molecular weight excluding hydrogens is 323 g/mol. The number of fused-ring (bicyclic) bond motifs is 1. The van der Waals surface area contributed by atoms with Crippen LogP contribution < -0.4 is 15.9 Å². The topological polar surface area (TPSA) is 20.2 Å². The lowest BCUT2D eigenvalue weighted by atomic mass is 10.1. The van der Waals surface area contributed by atoms with Crippen molar-refractivity contribution in [3.63, 3.8) is 0 Å². The number of phenolic OH excluding ortho intramolecular Hbond substituents is 1. The van der Waals surface area contributed by atoms with Crippen LogP contribution in [0.25, 0.3) is 10.8 Å². The van der Waals surface area contributed by atoms with E-state index in [1.807, 2.05) is 36.4 Å². The highest BCUT2D eigenvalue weighted by atomic mass is 31.2. The largest absolute Gasteiger partial charge is 0.504 e. The van der Waals surface area contributed by atoms with Gasteiger partial charge < -0.3 is 5.11 Å². The maximum absolute atomic E-state index is 10.9. The molecule has 0 aliphatic heterocycles. The summed E-state index contributed by atoms with van der Waals surface area (Å²) in [6, 6.07) is 33.3. The monoisotopic (exact) mass is 343 g/mol. The maximum atomic E-state index is 10.9. The molecule has 4 aromatic carbocycles. The molecule has 0 aliphatic carbocycles. The van der Waals surface area contributed by atoms with E-state index in [2.05, 4.69) is 67.3 Å². The quantitative estimate of drug-likeness (QED) is 0.544. The van der Waals surface area contributed by atoms with E-state index in [0.29, 0.717) is 5.75 Å². The first kappa shape index (κ1) is 15.9. The molecule has 0 unspecified atom stereocenters. The van der Waals surface area contributed by atoms with Crippen molar-refractivity contribution in [2.45, 2.75) is 0 Å². The summed E-state index contributed by atoms with van der Waals surface area (Å²) in [7, 11) is -1.96. The zero-order chi connectivity index (χ0) is 17.3. The van der Waals surface area contributed by atoms with Crippen molar-refractivity contribution < 1.29 is 5.11 Å². The summed E-state index contributed by atoms with van der Waals surface area (Å²) in [5.74, 6) is 0.377. The van der Waals surface area contributed by atoms with E-state index < -0.39 is 7.26 Å². The van der Waals surface area contributed by atoms with E-state index in [0.717, 1.165) is 16.1 Å². The number of benzene rings is 4. The Morgan fingerprint density at radius 1 is 0.600 bits per heavy atom. The molecule has 0 bridgehead atoms. The predicted molar refractivity (Wildman–Crippen MR) is 110 cm³/mol. The van der Waals surface area contributed by atoms with Gasteiger partial charge in [-0.3, -0.25) is 0 Å². The summed E-state index contributed by atoms with van der Waals surface area (Å²) in [5, 5.41) is 16.8. The van der Waals surface area contributed by atoms with Crippen molar-refractivity contribution >= 4 is 33.9 Å². The van der Waals surface area contributed by atoms with E-state index in [-0.39, 0.29) is 0 Å². The Balaban J connectivity index is 2.12. The zero-order valence-electron chi connectivity index (χ0n) is 14.1. The van der Waals surface area contributed by atoms with Gasteiger partial charge in [-0.1, -0.05) is 66.7 Å². The summed E-state index contributed by atoms with van der Waals surface area (Å²) in [6.07, 6.45) is 0. The molecule has 0 fully saturated rings. The van der Waals surface area contributed by atoms with Crippen molar-refractivity contribution in [1.29, 1.82) is 0 Å². The smallest absolute Gasteiger partial charge is 0.159 e. The zero-order valence-corrected chi connectivity index (χ0v) is 15.0. The molecule has 0 aromatic heterocycles. The van der Waals surface area contributed by atoms with Gasteiger partial charge in [-0.05, 0) is 35.7 Å². The van der Waals surface area contributed by atoms with Gasteiger partial charge in [-0.25, -0.2) is 0 Å². The second-order valence-corrected chi connectivity index (χ2v) is 9.82. The van der Waals surface area contributed by atoms with Crippen LogP contribution in [0.5, 0.6) is 5.75 Å². The molecule has 0 atom stereocenters. The van der Waals surface area contributed by atoms with Crippen molar-refractivity contribution in [3.05, 3.63) is 97.1 Å². The molecule has 1 nitrogen and oxygen atoms in total. The van der Waals surface area contributed by atoms with Crippen LogP contribution in [-0.4, -0.2) is 11.8 Å². The van der Waals surface area contributed by atoms with Crippen molar-refractivity contribution in [2.24, 2.45) is 0 Å². The molecule has 4 rings (SSSR count). The van der Waals surface area contributed by atoms with Crippen LogP contribution in [0.1, 0.15) is 0 Å². The number of aromatic hydroxyl groups is 1. The summed E-state index contributed by atoms with van der Waals surface area (Å²) in [4.78, 5) is 0. The van der Waals surface area contributed by atoms with Gasteiger partial charge in [0.05, 0.1) is 6.66 Å². The molecule has 0 amide bonds. The molecule has 4 aromatic rings. The van der Waals surface area contributed by atoms with Crippen LogP contribution >= 0.6 is 7.26 Å². The molecular formula is C23H20OP+. The number of hydrogen-bond acceptors (Lipinski definition) is 1. The first-order chi connectivity index (χ1) is 12.2. The Bertz CT molecular complexity index is 970. The van der Waals surface area contributed by atoms with Gasteiger partial charge in [0, 0.05) is 5.39 Å². The number of phenols is 1. The Morgan fingerprint density at radius 2 is 1.12 bits per heavy atom. The molecule has 2 heteroatoms. The summed E-state index contributed by atoms with van der Waals surface area (Å²) in [5.41, 5.74) is 0. The molecule has 122 valence electrons. The molecule has 0 spiro atoms. The fourth-order valence-corrected chi connectivity index (χ4v) is 7.14. The minimum absolute atomic E-state index is 0.377. The fraction of sp³-hybridized carbons (Fsp3) is 0.0435. The van der Waals surface area contributed by atoms with Gasteiger partial charge >= 0.3 is 0 Å². The Morgan fingerprint density at radius 3 is 1.72 bits per heavy atom. The van der Waals surface area contributed by atoms with Gasteiger partial charge in [-0.15, -0.1) is 0 Å². The van der Waals surface area contributed by atoms with E-state index in [4.69, 9.17) is 0 Å². The first-order valence-corrected chi connectivity index (χ1v) is 10.6. The second kappa shape index (κ2) is 6.35. The molecule has 25 heavy (non-hydrogen) atoms. The van der Waals surface area contributed by atoms with Gasteiger partial charge in [-0.2, -0.15) is 0 Å². The van der Waals surface area contributed by atoms with Crippen LogP contribution in [0.15, 0.2) is 97.1 Å². The molecule has 0 aliphatic rings. The number of hydrogen-bond donors (Lipinski definition) is 1. The Labute approximate surface area is 148 Å².